The third kappa shape index (κ3) is 17.7. The number of benzene rings is 4. The molecule has 54 heavy (non-hydrogen) atoms. The van der Waals surface area contributed by atoms with Gasteiger partial charge in [-0.05, 0) is 103 Å². The number of ketones is 1. The Morgan fingerprint density at radius 3 is 2.13 bits per heavy atom. The van der Waals surface area contributed by atoms with Crippen LogP contribution in [-0.2, 0) is 22.6 Å². The van der Waals surface area contributed by atoms with Crippen molar-refractivity contribution in [2.75, 3.05) is 19.0 Å². The van der Waals surface area contributed by atoms with Crippen LogP contribution in [0, 0.1) is 12.7 Å². The fraction of sp³-hybridized carbons (Fsp3) is 0.404. The highest BCUT2D eigenvalue weighted by molar-refractivity contribution is 6.31. The second kappa shape index (κ2) is 25.7. The van der Waals surface area contributed by atoms with Gasteiger partial charge in [0.25, 0.3) is 5.91 Å². The molecule has 0 heterocycles. The summed E-state index contributed by atoms with van der Waals surface area (Å²) in [6.07, 6.45) is 10.2. The number of aryl methyl sites for hydroxylation is 2. The summed E-state index contributed by atoms with van der Waals surface area (Å²) in [6.45, 7) is 16.8. The number of unbranched alkanes of at least 4 members (excludes halogenated alkanes) is 2. The van der Waals surface area contributed by atoms with Crippen molar-refractivity contribution in [1.82, 2.24) is 0 Å². The molecule has 0 spiro atoms. The molecule has 4 aromatic carbocycles. The lowest BCUT2D eigenvalue weighted by molar-refractivity contribution is -0.118. The molecule has 1 amide bonds. The molecule has 1 N–H and O–H groups in total. The zero-order valence-electron chi connectivity index (χ0n) is 33.5. The highest BCUT2D eigenvalue weighted by atomic mass is 35.5. The Balaban J connectivity index is 0.000000483. The monoisotopic (exact) mass is 757 g/mol. The van der Waals surface area contributed by atoms with E-state index in [1.54, 1.807) is 25.3 Å². The number of hydrogen-bond acceptors (Lipinski definition) is 4. The van der Waals surface area contributed by atoms with Gasteiger partial charge in [-0.1, -0.05) is 133 Å². The van der Waals surface area contributed by atoms with Crippen LogP contribution in [0.25, 0.3) is 0 Å². The summed E-state index contributed by atoms with van der Waals surface area (Å²) in [5.41, 5.74) is 6.72. The topological polar surface area (TPSA) is 64.6 Å². The van der Waals surface area contributed by atoms with E-state index in [9.17, 15) is 14.0 Å². The van der Waals surface area contributed by atoms with Gasteiger partial charge in [0.1, 0.15) is 11.6 Å². The van der Waals surface area contributed by atoms with Crippen molar-refractivity contribution in [3.63, 3.8) is 0 Å². The van der Waals surface area contributed by atoms with E-state index in [1.165, 1.54) is 73.4 Å². The lowest BCUT2D eigenvalue weighted by Crippen LogP contribution is -2.21. The third-order valence-electron chi connectivity index (χ3n) is 8.65. The molecule has 1 aliphatic rings. The highest BCUT2D eigenvalue weighted by Crippen LogP contribution is 2.28. The van der Waals surface area contributed by atoms with Gasteiger partial charge in [0.15, 0.2) is 12.4 Å². The van der Waals surface area contributed by atoms with Crippen LogP contribution in [-0.4, -0.2) is 25.4 Å². The maximum atomic E-state index is 14.2. The second-order valence-corrected chi connectivity index (χ2v) is 14.1. The predicted molar refractivity (Wildman–Crippen MR) is 225 cm³/mol. The molecule has 1 atom stereocenters. The SMILES string of the molecule is C=C1CC1.CCCC.CCCCC(C)c1ccc(NC(=O)COc2ccc(Cl)cc2C(=O)c2cc(F)cc(CCC)c2)c(C)c1.COCc1ccccc1. The first-order valence-corrected chi connectivity index (χ1v) is 19.7. The van der Waals surface area contributed by atoms with Crippen LogP contribution in [0.15, 0.2) is 97.1 Å². The van der Waals surface area contributed by atoms with Crippen LogP contribution < -0.4 is 10.1 Å². The minimum Gasteiger partial charge on any atom is -0.483 e. The number of halogens is 2. The number of hydrogen-bond donors (Lipinski definition) is 1. The molecule has 1 fully saturated rings. The second-order valence-electron chi connectivity index (χ2n) is 13.7. The molecule has 0 bridgehead atoms. The minimum atomic E-state index is -0.473. The van der Waals surface area contributed by atoms with Gasteiger partial charge >= 0.3 is 0 Å². The number of carbonyl (C=O) groups excluding carboxylic acids is 2. The van der Waals surface area contributed by atoms with E-state index in [2.05, 4.69) is 45.7 Å². The first-order chi connectivity index (χ1) is 25.9. The largest absolute Gasteiger partial charge is 0.483 e. The van der Waals surface area contributed by atoms with Gasteiger partial charge in [-0.15, -0.1) is 0 Å². The van der Waals surface area contributed by atoms with E-state index >= 15 is 0 Å². The van der Waals surface area contributed by atoms with Crippen LogP contribution >= 0.6 is 11.6 Å². The molecule has 0 aliphatic heterocycles. The van der Waals surface area contributed by atoms with E-state index in [4.69, 9.17) is 21.1 Å². The number of allylic oxidation sites excluding steroid dienone is 1. The molecule has 0 aromatic heterocycles. The number of carbonyl (C=O) groups is 2. The Morgan fingerprint density at radius 1 is 0.870 bits per heavy atom. The lowest BCUT2D eigenvalue weighted by Gasteiger charge is -2.15. The first-order valence-electron chi connectivity index (χ1n) is 19.3. The molecule has 0 saturated heterocycles. The maximum absolute atomic E-state index is 14.2. The number of nitrogens with one attached hydrogen (secondary N) is 1. The van der Waals surface area contributed by atoms with Crippen molar-refractivity contribution < 1.29 is 23.5 Å². The fourth-order valence-corrected chi connectivity index (χ4v) is 5.32. The summed E-state index contributed by atoms with van der Waals surface area (Å²) in [6, 6.07) is 25.1. The van der Waals surface area contributed by atoms with Gasteiger partial charge in [0.05, 0.1) is 12.2 Å². The van der Waals surface area contributed by atoms with Crippen LogP contribution in [0.3, 0.4) is 0 Å². The molecular weight excluding hydrogens is 697 g/mol. The summed E-state index contributed by atoms with van der Waals surface area (Å²) in [4.78, 5) is 25.9. The lowest BCUT2D eigenvalue weighted by atomic mass is 9.94. The average Bonchev–Trinajstić information content (AvgIpc) is 3.96. The Labute approximate surface area is 329 Å². The van der Waals surface area contributed by atoms with Crippen molar-refractivity contribution in [3.8, 4) is 5.75 Å². The van der Waals surface area contributed by atoms with Crippen molar-refractivity contribution in [2.45, 2.75) is 112 Å². The summed E-state index contributed by atoms with van der Waals surface area (Å²) in [5.74, 6) is -0.566. The molecule has 292 valence electrons. The van der Waals surface area contributed by atoms with Crippen LogP contribution in [0.4, 0.5) is 10.1 Å². The molecule has 0 radical (unpaired) electrons. The van der Waals surface area contributed by atoms with E-state index < -0.39 is 11.6 Å². The van der Waals surface area contributed by atoms with Crippen LogP contribution in [0.1, 0.15) is 130 Å². The van der Waals surface area contributed by atoms with Crippen molar-refractivity contribution in [1.29, 1.82) is 0 Å². The van der Waals surface area contributed by atoms with Gasteiger partial charge in [-0.3, -0.25) is 9.59 Å². The first kappa shape index (κ1) is 45.9. The van der Waals surface area contributed by atoms with Crippen molar-refractivity contribution in [2.24, 2.45) is 0 Å². The van der Waals surface area contributed by atoms with Crippen molar-refractivity contribution >= 4 is 29.0 Å². The molecule has 7 heteroatoms. The number of amides is 1. The molecule has 4 aromatic rings. The third-order valence-corrected chi connectivity index (χ3v) is 8.88. The van der Waals surface area contributed by atoms with E-state index in [0.717, 1.165) is 29.7 Å². The van der Waals surface area contributed by atoms with Gasteiger partial charge in [0.2, 0.25) is 0 Å². The molecule has 5 rings (SSSR count). The Hall–Kier alpha value is -4.26. The summed E-state index contributed by atoms with van der Waals surface area (Å²) in [5, 5.41) is 3.23. The summed E-state index contributed by atoms with van der Waals surface area (Å²) in [7, 11) is 1.70. The maximum Gasteiger partial charge on any atom is 0.262 e. The van der Waals surface area contributed by atoms with E-state index in [1.807, 2.05) is 56.3 Å². The fourth-order valence-electron chi connectivity index (χ4n) is 5.15. The zero-order chi connectivity index (χ0) is 39.9. The molecule has 5 nitrogen and oxygen atoms in total. The molecule has 1 saturated carbocycles. The van der Waals surface area contributed by atoms with Gasteiger partial charge < -0.3 is 14.8 Å². The molecular formula is C47H61ClFNO4. The minimum absolute atomic E-state index is 0.176. The van der Waals surface area contributed by atoms with Gasteiger partial charge in [-0.2, -0.15) is 0 Å². The number of rotatable bonds is 15. The number of ether oxygens (including phenoxy) is 2. The van der Waals surface area contributed by atoms with Gasteiger partial charge in [0, 0.05) is 23.4 Å². The molecule has 1 aliphatic carbocycles. The highest BCUT2D eigenvalue weighted by Gasteiger charge is 2.19. The zero-order valence-corrected chi connectivity index (χ0v) is 34.3. The Bertz CT molecular complexity index is 1730. The summed E-state index contributed by atoms with van der Waals surface area (Å²) < 4.78 is 24.8. The predicted octanol–water partition coefficient (Wildman–Crippen LogP) is 13.3. The van der Waals surface area contributed by atoms with E-state index in [-0.39, 0.29) is 29.4 Å². The average molecular weight is 758 g/mol. The normalized spacial score (nSPS) is 11.8. The quantitative estimate of drug-likeness (QED) is 0.0969. The number of methoxy groups -OCH3 is 1. The van der Waals surface area contributed by atoms with Crippen LogP contribution in [0.2, 0.25) is 5.02 Å². The Kier molecular flexibility index (Phi) is 21.8. The molecule has 1 unspecified atom stereocenters. The smallest absolute Gasteiger partial charge is 0.262 e. The van der Waals surface area contributed by atoms with Gasteiger partial charge in [-0.25, -0.2) is 4.39 Å². The van der Waals surface area contributed by atoms with E-state index in [0.29, 0.717) is 24.0 Å². The van der Waals surface area contributed by atoms with Crippen molar-refractivity contribution in [3.05, 3.63) is 141 Å². The summed E-state index contributed by atoms with van der Waals surface area (Å²) >= 11 is 6.15. The Morgan fingerprint density at radius 2 is 1.56 bits per heavy atom. The number of anilines is 1. The van der Waals surface area contributed by atoms with Crippen LogP contribution in [0.5, 0.6) is 5.75 Å². The standard InChI is InChI=1S/C31H35ClFNO3.C8H10O.C4H6.C4H10/c1-5-7-9-20(3)23-10-12-28(21(4)14-23)34-30(35)19-37-29-13-11-25(32)18-27(29)31(36)24-15-22(8-6-2)16-26(33)17-24;1-9-7-8-5-3-2-4-6-8;1-4-2-3-4;1-3-4-2/h10-18,20H,5-9,19H2,1-4H3,(H,34,35);2-6H,7H2,1H3;1-3H2;3-4H2,1-2H3.